The van der Waals surface area contributed by atoms with Crippen LogP contribution in [-0.2, 0) is 38.9 Å². The van der Waals surface area contributed by atoms with Crippen LogP contribution in [0.5, 0.6) is 0 Å². The van der Waals surface area contributed by atoms with Crippen LogP contribution in [0.4, 0.5) is 0 Å². The minimum Gasteiger partial charge on any atom is -0.347 e. The molecule has 0 atom stereocenters. The van der Waals surface area contributed by atoms with Gasteiger partial charge in [-0.25, -0.2) is 4.68 Å². The molecular weight excluding hydrogens is 396 g/mol. The molecule has 2 aliphatic rings. The number of benzene rings is 2. The zero-order valence-electron chi connectivity index (χ0n) is 17.2. The van der Waals surface area contributed by atoms with Gasteiger partial charge in [0.1, 0.15) is 0 Å². The summed E-state index contributed by atoms with van der Waals surface area (Å²) in [6.07, 6.45) is 4.00. The molecule has 0 radical (unpaired) electrons. The number of nitrogens with one attached hydrogen (secondary N) is 2. The third kappa shape index (κ3) is 3.75. The van der Waals surface area contributed by atoms with Crippen LogP contribution < -0.4 is 10.6 Å². The van der Waals surface area contributed by atoms with Crippen molar-refractivity contribution >= 4 is 18.3 Å². The van der Waals surface area contributed by atoms with Crippen LogP contribution in [0.25, 0.3) is 5.69 Å². The molecule has 0 saturated heterocycles. The second kappa shape index (κ2) is 8.62. The van der Waals surface area contributed by atoms with E-state index in [4.69, 9.17) is 5.10 Å². The first-order valence-corrected chi connectivity index (χ1v) is 10.5. The molecule has 0 saturated carbocycles. The van der Waals surface area contributed by atoms with E-state index in [-0.39, 0.29) is 18.3 Å². The fourth-order valence-electron chi connectivity index (χ4n) is 4.43. The Balaban J connectivity index is 0.00000218. The lowest BCUT2D eigenvalue weighted by molar-refractivity contribution is 0.0944. The Morgan fingerprint density at radius 1 is 1.07 bits per heavy atom. The van der Waals surface area contributed by atoms with E-state index in [0.717, 1.165) is 55.6 Å². The number of hydrogen-bond donors (Lipinski definition) is 2. The van der Waals surface area contributed by atoms with E-state index in [2.05, 4.69) is 60.0 Å². The van der Waals surface area contributed by atoms with Crippen LogP contribution in [0.2, 0.25) is 0 Å². The number of aryl methyl sites for hydroxylation is 1. The highest BCUT2D eigenvalue weighted by atomic mass is 35.5. The van der Waals surface area contributed by atoms with Gasteiger partial charge in [-0.15, -0.1) is 12.4 Å². The molecule has 6 heteroatoms. The van der Waals surface area contributed by atoms with Gasteiger partial charge in [0.05, 0.1) is 5.69 Å². The summed E-state index contributed by atoms with van der Waals surface area (Å²) in [5.41, 5.74) is 9.03. The summed E-state index contributed by atoms with van der Waals surface area (Å²) in [6, 6.07) is 14.9. The monoisotopic (exact) mass is 422 g/mol. The Kier molecular flexibility index (Phi) is 5.93. The maximum Gasteiger partial charge on any atom is 0.272 e. The topological polar surface area (TPSA) is 59.0 Å². The number of rotatable bonds is 5. The SMILES string of the molecule is CCc1ccc(-n2nc(C(=O)NCc3ccc4c(c3)CNC4)c3c2CCC3)cc1.Cl. The van der Waals surface area contributed by atoms with Gasteiger partial charge in [0.2, 0.25) is 0 Å². The molecule has 0 unspecified atom stereocenters. The van der Waals surface area contributed by atoms with Crippen molar-refractivity contribution in [3.63, 3.8) is 0 Å². The molecule has 0 bridgehead atoms. The molecule has 5 nitrogen and oxygen atoms in total. The second-order valence-corrected chi connectivity index (χ2v) is 7.95. The highest BCUT2D eigenvalue weighted by Crippen LogP contribution is 2.28. The van der Waals surface area contributed by atoms with Crippen LogP contribution in [-0.4, -0.2) is 15.7 Å². The Bertz CT molecular complexity index is 1070. The highest BCUT2D eigenvalue weighted by Gasteiger charge is 2.26. The predicted molar refractivity (Wildman–Crippen MR) is 120 cm³/mol. The van der Waals surface area contributed by atoms with E-state index in [0.29, 0.717) is 12.2 Å². The molecule has 0 fully saturated rings. The maximum atomic E-state index is 13.0. The molecule has 2 aromatic carbocycles. The smallest absolute Gasteiger partial charge is 0.272 e. The summed E-state index contributed by atoms with van der Waals surface area (Å²) in [7, 11) is 0. The number of halogens is 1. The van der Waals surface area contributed by atoms with Gasteiger partial charge >= 0.3 is 0 Å². The van der Waals surface area contributed by atoms with Crippen LogP contribution in [0.3, 0.4) is 0 Å². The van der Waals surface area contributed by atoms with Crippen LogP contribution in [0.15, 0.2) is 42.5 Å². The summed E-state index contributed by atoms with van der Waals surface area (Å²) < 4.78 is 1.97. The van der Waals surface area contributed by atoms with E-state index in [1.165, 1.54) is 22.4 Å². The largest absolute Gasteiger partial charge is 0.347 e. The number of carbonyl (C=O) groups excluding carboxylic acids is 1. The van der Waals surface area contributed by atoms with Crippen molar-refractivity contribution in [2.75, 3.05) is 0 Å². The highest BCUT2D eigenvalue weighted by molar-refractivity contribution is 5.94. The first kappa shape index (κ1) is 20.6. The lowest BCUT2D eigenvalue weighted by atomic mass is 10.1. The van der Waals surface area contributed by atoms with Gasteiger partial charge in [0.25, 0.3) is 5.91 Å². The minimum absolute atomic E-state index is 0. The molecule has 2 heterocycles. The Morgan fingerprint density at radius 2 is 1.83 bits per heavy atom. The number of hydrogen-bond acceptors (Lipinski definition) is 3. The molecule has 1 amide bonds. The molecule has 5 rings (SSSR count). The van der Waals surface area contributed by atoms with Gasteiger partial charge in [-0.3, -0.25) is 4.79 Å². The first-order chi connectivity index (χ1) is 14.2. The summed E-state index contributed by atoms with van der Waals surface area (Å²) in [5, 5.41) is 11.2. The zero-order chi connectivity index (χ0) is 19.8. The van der Waals surface area contributed by atoms with Gasteiger partial charge in [-0.05, 0) is 60.1 Å². The number of amides is 1. The average molecular weight is 423 g/mol. The fraction of sp³-hybridized carbons (Fsp3) is 0.333. The number of fused-ring (bicyclic) bond motifs is 2. The van der Waals surface area contributed by atoms with Crippen molar-refractivity contribution in [1.29, 1.82) is 0 Å². The summed E-state index contributed by atoms with van der Waals surface area (Å²) >= 11 is 0. The van der Waals surface area contributed by atoms with E-state index >= 15 is 0 Å². The Labute approximate surface area is 183 Å². The van der Waals surface area contributed by atoms with Gasteiger partial charge in [0.15, 0.2) is 5.69 Å². The minimum atomic E-state index is -0.0781. The van der Waals surface area contributed by atoms with Gasteiger partial charge < -0.3 is 10.6 Å². The molecule has 1 aromatic heterocycles. The standard InChI is InChI=1S/C24H26N4O.ClH/c1-2-16-7-10-20(11-8-16)28-22-5-3-4-21(22)23(27-28)24(29)26-13-17-6-9-18-14-25-15-19(18)12-17;/h6-12,25H,2-5,13-15H2,1H3,(H,26,29);1H. The molecule has 1 aliphatic carbocycles. The molecule has 30 heavy (non-hydrogen) atoms. The maximum absolute atomic E-state index is 13.0. The van der Waals surface area contributed by atoms with Crippen LogP contribution in [0, 0.1) is 0 Å². The van der Waals surface area contributed by atoms with Gasteiger partial charge in [-0.2, -0.15) is 5.10 Å². The summed E-state index contributed by atoms with van der Waals surface area (Å²) in [4.78, 5) is 13.0. The first-order valence-electron chi connectivity index (χ1n) is 10.5. The summed E-state index contributed by atoms with van der Waals surface area (Å²) in [6.45, 7) is 4.52. The van der Waals surface area contributed by atoms with Crippen LogP contribution >= 0.6 is 12.4 Å². The predicted octanol–water partition coefficient (Wildman–Crippen LogP) is 3.88. The van der Waals surface area contributed by atoms with E-state index in [1.54, 1.807) is 0 Å². The van der Waals surface area contributed by atoms with Crippen molar-refractivity contribution in [2.45, 2.75) is 52.2 Å². The van der Waals surface area contributed by atoms with E-state index in [1.807, 2.05) is 4.68 Å². The molecule has 0 spiro atoms. The summed E-state index contributed by atoms with van der Waals surface area (Å²) in [5.74, 6) is -0.0781. The normalized spacial score (nSPS) is 14.2. The number of carbonyl (C=O) groups is 1. The Hall–Kier alpha value is -2.63. The van der Waals surface area contributed by atoms with Crippen molar-refractivity contribution in [1.82, 2.24) is 20.4 Å². The fourth-order valence-corrected chi connectivity index (χ4v) is 4.43. The van der Waals surface area contributed by atoms with Crippen molar-refractivity contribution in [2.24, 2.45) is 0 Å². The Morgan fingerprint density at radius 3 is 2.63 bits per heavy atom. The van der Waals surface area contributed by atoms with Crippen LogP contribution in [0.1, 0.15) is 57.3 Å². The van der Waals surface area contributed by atoms with Crippen molar-refractivity contribution in [3.8, 4) is 5.69 Å². The zero-order valence-corrected chi connectivity index (χ0v) is 18.0. The third-order valence-corrected chi connectivity index (χ3v) is 6.09. The number of aromatic nitrogens is 2. The second-order valence-electron chi connectivity index (χ2n) is 7.95. The molecular formula is C24H27ClN4O. The van der Waals surface area contributed by atoms with E-state index < -0.39 is 0 Å². The third-order valence-electron chi connectivity index (χ3n) is 6.09. The molecule has 1 aliphatic heterocycles. The van der Waals surface area contributed by atoms with Gasteiger partial charge in [0, 0.05) is 30.9 Å². The molecule has 3 aromatic rings. The number of nitrogens with zero attached hydrogens (tertiary/aromatic N) is 2. The quantitative estimate of drug-likeness (QED) is 0.656. The van der Waals surface area contributed by atoms with E-state index in [9.17, 15) is 4.79 Å². The molecule has 156 valence electrons. The molecule has 2 N–H and O–H groups in total. The lowest BCUT2D eigenvalue weighted by Gasteiger charge is -2.07. The van der Waals surface area contributed by atoms with Crippen molar-refractivity contribution in [3.05, 3.63) is 81.7 Å². The lowest BCUT2D eigenvalue weighted by Crippen LogP contribution is -2.24. The van der Waals surface area contributed by atoms with Gasteiger partial charge in [-0.1, -0.05) is 37.3 Å². The average Bonchev–Trinajstić information content (AvgIpc) is 3.48. The van der Waals surface area contributed by atoms with Crippen molar-refractivity contribution < 1.29 is 4.79 Å².